The number of nitriles is 2. The van der Waals surface area contributed by atoms with Crippen molar-refractivity contribution < 1.29 is 0 Å². The second kappa shape index (κ2) is 6.07. The van der Waals surface area contributed by atoms with E-state index in [0.717, 1.165) is 19.9 Å². The number of rotatable bonds is 4. The van der Waals surface area contributed by atoms with Crippen LogP contribution in [0, 0.1) is 22.7 Å². The molecule has 5 heteroatoms. The van der Waals surface area contributed by atoms with Gasteiger partial charge >= 0.3 is 0 Å². The van der Waals surface area contributed by atoms with Crippen molar-refractivity contribution in [3.8, 4) is 12.1 Å². The molecule has 0 N–H and O–H groups in total. The summed E-state index contributed by atoms with van der Waals surface area (Å²) in [4.78, 5) is 0. The number of nitrogens with zero attached hydrogens (tertiary/aromatic N) is 2. The van der Waals surface area contributed by atoms with E-state index in [-0.39, 0.29) is 0 Å². The minimum atomic E-state index is 0.560. The lowest BCUT2D eigenvalue weighted by atomic mass is 10.2. The van der Waals surface area contributed by atoms with Gasteiger partial charge in [0.15, 0.2) is 0 Å². The monoisotopic (exact) mass is 254 g/mol. The van der Waals surface area contributed by atoms with Gasteiger partial charge in [-0.15, -0.1) is 34.9 Å². The van der Waals surface area contributed by atoms with Gasteiger partial charge in [0.05, 0.1) is 19.5 Å². The van der Waals surface area contributed by atoms with Crippen LogP contribution in [0.5, 0.6) is 0 Å². The van der Waals surface area contributed by atoms with Crippen LogP contribution in [0.3, 0.4) is 0 Å². The second-order valence-corrected chi connectivity index (χ2v) is 6.60. The first-order valence-electron chi connectivity index (χ1n) is 4.51. The van der Waals surface area contributed by atoms with Crippen LogP contribution in [-0.2, 0) is 0 Å². The van der Waals surface area contributed by atoms with Crippen molar-refractivity contribution in [2.45, 2.75) is 22.3 Å². The molecule has 0 atom stereocenters. The molecule has 0 aliphatic rings. The number of hydrogen-bond acceptors (Lipinski definition) is 5. The van der Waals surface area contributed by atoms with Crippen molar-refractivity contribution in [3.05, 3.63) is 11.1 Å². The van der Waals surface area contributed by atoms with E-state index in [0.29, 0.717) is 11.1 Å². The molecule has 0 saturated carbocycles. The first kappa shape index (κ1) is 12.4. The molecular formula is C10H10N2S3. The standard InChI is InChI=1S/C10H10N2S3/c1-3-13-9-7(5-11)8(6-12)10(15-9)14-4-2/h3-4H2,1-2H3. The Balaban J connectivity index is 3.21. The molecule has 0 aliphatic heterocycles. The highest BCUT2D eigenvalue weighted by Crippen LogP contribution is 2.40. The summed E-state index contributed by atoms with van der Waals surface area (Å²) in [6.07, 6.45) is 0. The maximum absolute atomic E-state index is 9.02. The van der Waals surface area contributed by atoms with Gasteiger partial charge < -0.3 is 0 Å². The third kappa shape index (κ3) is 2.69. The van der Waals surface area contributed by atoms with Crippen molar-refractivity contribution in [1.82, 2.24) is 0 Å². The van der Waals surface area contributed by atoms with Crippen LogP contribution >= 0.6 is 34.9 Å². The maximum Gasteiger partial charge on any atom is 0.103 e. The van der Waals surface area contributed by atoms with Gasteiger partial charge in [0.2, 0.25) is 0 Å². The third-order valence-electron chi connectivity index (χ3n) is 1.62. The van der Waals surface area contributed by atoms with Gasteiger partial charge in [-0.3, -0.25) is 0 Å². The molecule has 0 unspecified atom stereocenters. The minimum Gasteiger partial charge on any atom is -0.192 e. The summed E-state index contributed by atoms with van der Waals surface area (Å²) in [5.41, 5.74) is 1.12. The van der Waals surface area contributed by atoms with E-state index in [2.05, 4.69) is 12.1 Å². The van der Waals surface area contributed by atoms with Crippen LogP contribution in [-0.4, -0.2) is 11.5 Å². The van der Waals surface area contributed by atoms with Gasteiger partial charge in [0.1, 0.15) is 12.1 Å². The second-order valence-electron chi connectivity index (χ2n) is 2.52. The largest absolute Gasteiger partial charge is 0.192 e. The van der Waals surface area contributed by atoms with E-state index in [1.54, 1.807) is 34.9 Å². The third-order valence-corrected chi connectivity index (χ3v) is 5.11. The van der Waals surface area contributed by atoms with Crippen molar-refractivity contribution in [2.24, 2.45) is 0 Å². The van der Waals surface area contributed by atoms with Crippen molar-refractivity contribution in [2.75, 3.05) is 11.5 Å². The Morgan fingerprint density at radius 1 is 1.00 bits per heavy atom. The predicted molar refractivity (Wildman–Crippen MR) is 66.5 cm³/mol. The Labute approximate surface area is 102 Å². The SMILES string of the molecule is CCSc1sc(SCC)c(C#N)c1C#N. The average Bonchev–Trinajstić information content (AvgIpc) is 2.56. The van der Waals surface area contributed by atoms with Crippen LogP contribution in [0.1, 0.15) is 25.0 Å². The zero-order valence-electron chi connectivity index (χ0n) is 8.53. The molecule has 0 spiro atoms. The molecule has 0 bridgehead atoms. The Morgan fingerprint density at radius 2 is 1.40 bits per heavy atom. The lowest BCUT2D eigenvalue weighted by Crippen LogP contribution is -1.80. The van der Waals surface area contributed by atoms with E-state index in [1.807, 2.05) is 13.8 Å². The molecule has 0 aliphatic carbocycles. The van der Waals surface area contributed by atoms with Crippen molar-refractivity contribution in [3.63, 3.8) is 0 Å². The van der Waals surface area contributed by atoms with E-state index < -0.39 is 0 Å². The van der Waals surface area contributed by atoms with Gasteiger partial charge in [-0.1, -0.05) is 13.8 Å². The Hall–Kier alpha value is -0.620. The summed E-state index contributed by atoms with van der Waals surface area (Å²) in [6.45, 7) is 4.09. The summed E-state index contributed by atoms with van der Waals surface area (Å²) in [5, 5.41) is 18.0. The molecule has 1 rings (SSSR count). The highest BCUT2D eigenvalue weighted by molar-refractivity contribution is 8.03. The Kier molecular flexibility index (Phi) is 5.04. The van der Waals surface area contributed by atoms with E-state index in [4.69, 9.17) is 10.5 Å². The molecule has 0 aromatic carbocycles. The van der Waals surface area contributed by atoms with E-state index in [9.17, 15) is 0 Å². The topological polar surface area (TPSA) is 47.6 Å². The van der Waals surface area contributed by atoms with Crippen molar-refractivity contribution in [1.29, 1.82) is 10.5 Å². The van der Waals surface area contributed by atoms with Gasteiger partial charge in [0.25, 0.3) is 0 Å². The normalized spacial score (nSPS) is 9.60. The molecule has 1 aromatic heterocycles. The van der Waals surface area contributed by atoms with Crippen LogP contribution in [0.4, 0.5) is 0 Å². The number of thioether (sulfide) groups is 2. The molecule has 15 heavy (non-hydrogen) atoms. The smallest absolute Gasteiger partial charge is 0.103 e. The highest BCUT2D eigenvalue weighted by atomic mass is 32.2. The van der Waals surface area contributed by atoms with Gasteiger partial charge in [0, 0.05) is 0 Å². The minimum absolute atomic E-state index is 0.560. The predicted octanol–water partition coefficient (Wildman–Crippen LogP) is 3.72. The molecular weight excluding hydrogens is 244 g/mol. The molecule has 2 nitrogen and oxygen atoms in total. The molecule has 0 amide bonds. The Bertz CT molecular complexity index is 385. The summed E-state index contributed by atoms with van der Waals surface area (Å²) >= 11 is 4.83. The lowest BCUT2D eigenvalue weighted by Gasteiger charge is -1.91. The first-order chi connectivity index (χ1) is 7.28. The fourth-order valence-electron chi connectivity index (χ4n) is 1.06. The Morgan fingerprint density at radius 3 is 1.67 bits per heavy atom. The molecule has 0 radical (unpaired) electrons. The molecule has 0 fully saturated rings. The van der Waals surface area contributed by atoms with Crippen LogP contribution in [0.15, 0.2) is 8.42 Å². The summed E-state index contributed by atoms with van der Waals surface area (Å²) in [5.74, 6) is 1.85. The first-order valence-corrected chi connectivity index (χ1v) is 7.29. The fraction of sp³-hybridized carbons (Fsp3) is 0.400. The summed E-state index contributed by atoms with van der Waals surface area (Å²) in [7, 11) is 0. The number of hydrogen-bond donors (Lipinski definition) is 0. The van der Waals surface area contributed by atoms with Gasteiger partial charge in [-0.25, -0.2) is 0 Å². The van der Waals surface area contributed by atoms with Crippen LogP contribution in [0.25, 0.3) is 0 Å². The van der Waals surface area contributed by atoms with Crippen LogP contribution in [0.2, 0.25) is 0 Å². The lowest BCUT2D eigenvalue weighted by molar-refractivity contribution is 1.39. The molecule has 1 aromatic rings. The van der Waals surface area contributed by atoms with Gasteiger partial charge in [-0.05, 0) is 11.5 Å². The average molecular weight is 254 g/mol. The highest BCUT2D eigenvalue weighted by Gasteiger charge is 2.17. The summed E-state index contributed by atoms with van der Waals surface area (Å²) in [6, 6.07) is 4.26. The zero-order valence-corrected chi connectivity index (χ0v) is 11.0. The molecule has 78 valence electrons. The molecule has 1 heterocycles. The number of thiophene rings is 1. The fourth-order valence-corrected chi connectivity index (χ4v) is 4.67. The molecule has 0 saturated heterocycles. The summed E-state index contributed by atoms with van der Waals surface area (Å²) < 4.78 is 1.96. The van der Waals surface area contributed by atoms with E-state index >= 15 is 0 Å². The maximum atomic E-state index is 9.02. The van der Waals surface area contributed by atoms with Crippen molar-refractivity contribution >= 4 is 34.9 Å². The quantitative estimate of drug-likeness (QED) is 0.768. The van der Waals surface area contributed by atoms with E-state index in [1.165, 1.54) is 0 Å². The zero-order chi connectivity index (χ0) is 11.3. The van der Waals surface area contributed by atoms with Gasteiger partial charge in [-0.2, -0.15) is 10.5 Å². The van der Waals surface area contributed by atoms with Crippen LogP contribution < -0.4 is 0 Å².